The molecule has 1 saturated heterocycles. The Morgan fingerprint density at radius 1 is 1.11 bits per heavy atom. The molecule has 1 N–H and O–H groups in total. The van der Waals surface area contributed by atoms with Gasteiger partial charge in [0.05, 0.1) is 35.9 Å². The van der Waals surface area contributed by atoms with Gasteiger partial charge in [-0.2, -0.15) is 5.10 Å². The van der Waals surface area contributed by atoms with Crippen molar-refractivity contribution in [3.63, 3.8) is 0 Å². The molecule has 0 bridgehead atoms. The third kappa shape index (κ3) is 2.90. The summed E-state index contributed by atoms with van der Waals surface area (Å²) < 4.78 is 8.67. The Labute approximate surface area is 160 Å². The molecule has 5 rings (SSSR count). The van der Waals surface area contributed by atoms with Crippen LogP contribution in [0, 0.1) is 0 Å². The maximum Gasteiger partial charge on any atom is 0.267 e. The molecule has 2 unspecified atom stereocenters. The Kier molecular flexibility index (Phi) is 4.01. The van der Waals surface area contributed by atoms with Gasteiger partial charge in [0.25, 0.3) is 11.1 Å². The molecule has 2 atom stereocenters. The van der Waals surface area contributed by atoms with Gasteiger partial charge in [-0.1, -0.05) is 12.1 Å². The van der Waals surface area contributed by atoms with Gasteiger partial charge < -0.3 is 10.1 Å². The van der Waals surface area contributed by atoms with Crippen LogP contribution in [0.5, 0.6) is 0 Å². The summed E-state index contributed by atoms with van der Waals surface area (Å²) in [7, 11) is 1.69. The molecule has 2 aliphatic rings. The highest BCUT2D eigenvalue weighted by molar-refractivity contribution is 5.78. The van der Waals surface area contributed by atoms with E-state index in [0.29, 0.717) is 36.0 Å². The van der Waals surface area contributed by atoms with Crippen molar-refractivity contribution in [3.8, 4) is 0 Å². The van der Waals surface area contributed by atoms with Gasteiger partial charge >= 0.3 is 0 Å². The molecule has 1 aliphatic carbocycles. The van der Waals surface area contributed by atoms with Crippen molar-refractivity contribution in [2.75, 3.05) is 18.5 Å². The van der Waals surface area contributed by atoms with Gasteiger partial charge in [0.1, 0.15) is 6.04 Å². The fraction of sp³-hybridized carbons (Fsp3) is 0.400. The molecule has 8 nitrogen and oxygen atoms in total. The van der Waals surface area contributed by atoms with Crippen molar-refractivity contribution < 1.29 is 4.74 Å². The standard InChI is InChI=1S/C20H21N5O3/c1-24-19(27)13-4-2-3-5-15(13)21-20(24)22-16-10-28-11-17(16)25-18(26)9-8-14(23-25)12-6-7-12/h2-5,8-9,12,16-17H,6-7,10-11H2,1H3,(H,21,22). The molecular weight excluding hydrogens is 358 g/mol. The lowest BCUT2D eigenvalue weighted by molar-refractivity contribution is 0.182. The second-order valence-corrected chi connectivity index (χ2v) is 7.49. The number of benzene rings is 1. The number of nitrogens with one attached hydrogen (secondary N) is 1. The van der Waals surface area contributed by atoms with Crippen molar-refractivity contribution in [2.24, 2.45) is 7.05 Å². The molecule has 0 spiro atoms. The molecule has 144 valence electrons. The van der Waals surface area contributed by atoms with E-state index in [1.165, 1.54) is 9.25 Å². The number of hydrogen-bond donors (Lipinski definition) is 1. The molecule has 1 aliphatic heterocycles. The number of rotatable bonds is 4. The first-order valence-corrected chi connectivity index (χ1v) is 9.51. The van der Waals surface area contributed by atoms with Gasteiger partial charge in [0.2, 0.25) is 5.95 Å². The summed E-state index contributed by atoms with van der Waals surface area (Å²) in [4.78, 5) is 29.7. The molecule has 1 saturated carbocycles. The van der Waals surface area contributed by atoms with E-state index >= 15 is 0 Å². The molecule has 2 aromatic heterocycles. The summed E-state index contributed by atoms with van der Waals surface area (Å²) in [5, 5.41) is 8.48. The molecule has 3 heterocycles. The largest absolute Gasteiger partial charge is 0.377 e. The second kappa shape index (κ2) is 6.56. The molecule has 3 aromatic rings. The number of fused-ring (bicyclic) bond motifs is 1. The van der Waals surface area contributed by atoms with Crippen LogP contribution in [0.25, 0.3) is 10.9 Å². The average molecular weight is 379 g/mol. The normalized spacial score (nSPS) is 21.9. The molecule has 0 radical (unpaired) electrons. The van der Waals surface area contributed by atoms with E-state index in [1.54, 1.807) is 19.2 Å². The highest BCUT2D eigenvalue weighted by atomic mass is 16.5. The van der Waals surface area contributed by atoms with Gasteiger partial charge in [0, 0.05) is 19.0 Å². The molecule has 1 aromatic carbocycles. The minimum atomic E-state index is -0.255. The average Bonchev–Trinajstić information content (AvgIpc) is 3.46. The Hall–Kier alpha value is -3.00. The van der Waals surface area contributed by atoms with Crippen molar-refractivity contribution in [2.45, 2.75) is 30.8 Å². The zero-order valence-corrected chi connectivity index (χ0v) is 15.5. The predicted molar refractivity (Wildman–Crippen MR) is 105 cm³/mol. The monoisotopic (exact) mass is 379 g/mol. The Bertz CT molecular complexity index is 1160. The molecule has 2 fully saturated rings. The first kappa shape index (κ1) is 17.1. The van der Waals surface area contributed by atoms with Crippen LogP contribution in [0.2, 0.25) is 0 Å². The number of nitrogens with zero attached hydrogens (tertiary/aromatic N) is 4. The van der Waals surface area contributed by atoms with E-state index in [0.717, 1.165) is 18.5 Å². The third-order valence-electron chi connectivity index (χ3n) is 5.50. The summed E-state index contributed by atoms with van der Waals surface area (Å²) in [6.45, 7) is 0.801. The Morgan fingerprint density at radius 2 is 1.93 bits per heavy atom. The summed E-state index contributed by atoms with van der Waals surface area (Å²) in [5.41, 5.74) is 1.33. The maximum atomic E-state index is 12.6. The van der Waals surface area contributed by atoms with Crippen molar-refractivity contribution in [1.29, 1.82) is 0 Å². The number of hydrogen-bond acceptors (Lipinski definition) is 6. The van der Waals surface area contributed by atoms with E-state index in [9.17, 15) is 9.59 Å². The van der Waals surface area contributed by atoms with Gasteiger partial charge in [-0.3, -0.25) is 14.2 Å². The van der Waals surface area contributed by atoms with Gasteiger partial charge in [-0.15, -0.1) is 0 Å². The lowest BCUT2D eigenvalue weighted by Crippen LogP contribution is -2.39. The SMILES string of the molecule is Cn1c(NC2COCC2n2nc(C3CC3)ccc2=O)nc2ccccc2c1=O. The van der Waals surface area contributed by atoms with Crippen LogP contribution in [-0.4, -0.2) is 38.6 Å². The lowest BCUT2D eigenvalue weighted by Gasteiger charge is -2.22. The molecular formula is C20H21N5O3. The smallest absolute Gasteiger partial charge is 0.267 e. The highest BCUT2D eigenvalue weighted by Crippen LogP contribution is 2.38. The van der Waals surface area contributed by atoms with E-state index < -0.39 is 0 Å². The number of aromatic nitrogens is 4. The number of ether oxygens (including phenoxy) is 1. The first-order valence-electron chi connectivity index (χ1n) is 9.51. The summed E-state index contributed by atoms with van der Waals surface area (Å²) >= 11 is 0. The van der Waals surface area contributed by atoms with Crippen LogP contribution in [0.15, 0.2) is 46.0 Å². The van der Waals surface area contributed by atoms with Crippen LogP contribution >= 0.6 is 0 Å². The summed E-state index contributed by atoms with van der Waals surface area (Å²) in [6, 6.07) is 10.2. The number of para-hydroxylation sites is 1. The molecule has 8 heteroatoms. The van der Waals surface area contributed by atoms with Gasteiger partial charge in [-0.25, -0.2) is 9.67 Å². The minimum Gasteiger partial charge on any atom is -0.377 e. The van der Waals surface area contributed by atoms with Crippen molar-refractivity contribution in [1.82, 2.24) is 19.3 Å². The third-order valence-corrected chi connectivity index (χ3v) is 5.50. The van der Waals surface area contributed by atoms with Crippen LogP contribution in [0.4, 0.5) is 5.95 Å². The summed E-state index contributed by atoms with van der Waals surface area (Å²) in [6.07, 6.45) is 2.24. The second-order valence-electron chi connectivity index (χ2n) is 7.49. The van der Waals surface area contributed by atoms with E-state index in [1.807, 2.05) is 24.3 Å². The zero-order chi connectivity index (χ0) is 19.3. The fourth-order valence-electron chi connectivity index (χ4n) is 3.71. The van der Waals surface area contributed by atoms with Crippen LogP contribution in [0.3, 0.4) is 0 Å². The highest BCUT2D eigenvalue weighted by Gasteiger charge is 2.33. The first-order chi connectivity index (χ1) is 13.6. The summed E-state index contributed by atoms with van der Waals surface area (Å²) in [5.74, 6) is 0.916. The topological polar surface area (TPSA) is 91.0 Å². The zero-order valence-electron chi connectivity index (χ0n) is 15.5. The number of anilines is 1. The van der Waals surface area contributed by atoms with Gasteiger partial charge in [0.15, 0.2) is 0 Å². The van der Waals surface area contributed by atoms with Crippen molar-refractivity contribution >= 4 is 16.9 Å². The van der Waals surface area contributed by atoms with Crippen LogP contribution in [-0.2, 0) is 11.8 Å². The van der Waals surface area contributed by atoms with Crippen LogP contribution in [0.1, 0.15) is 30.5 Å². The predicted octanol–water partition coefficient (Wildman–Crippen LogP) is 1.42. The fourth-order valence-corrected chi connectivity index (χ4v) is 3.71. The van der Waals surface area contributed by atoms with Crippen molar-refractivity contribution in [3.05, 3.63) is 62.8 Å². The minimum absolute atomic E-state index is 0.116. The Balaban J connectivity index is 1.50. The van der Waals surface area contributed by atoms with E-state index in [4.69, 9.17) is 4.74 Å². The quantitative estimate of drug-likeness (QED) is 0.737. The maximum absolute atomic E-state index is 12.6. The molecule has 28 heavy (non-hydrogen) atoms. The Morgan fingerprint density at radius 3 is 2.75 bits per heavy atom. The van der Waals surface area contributed by atoms with E-state index in [2.05, 4.69) is 15.4 Å². The van der Waals surface area contributed by atoms with Crippen LogP contribution < -0.4 is 16.4 Å². The lowest BCUT2D eigenvalue weighted by atomic mass is 10.1. The molecule has 0 amide bonds. The van der Waals surface area contributed by atoms with E-state index in [-0.39, 0.29) is 23.2 Å². The van der Waals surface area contributed by atoms with Gasteiger partial charge in [-0.05, 0) is 31.0 Å².